The first kappa shape index (κ1) is 17.0. The number of benzene rings is 1. The van der Waals surface area contributed by atoms with Crippen molar-refractivity contribution in [3.63, 3.8) is 0 Å². The van der Waals surface area contributed by atoms with Crippen LogP contribution in [0.1, 0.15) is 61.7 Å². The number of hydrogen-bond donors (Lipinski definition) is 0. The molecule has 0 N–H and O–H groups in total. The summed E-state index contributed by atoms with van der Waals surface area (Å²) in [7, 11) is 1.88. The Kier molecular flexibility index (Phi) is 6.44. The lowest BCUT2D eigenvalue weighted by Crippen LogP contribution is -2.36. The van der Waals surface area contributed by atoms with Crippen molar-refractivity contribution in [3.8, 4) is 0 Å². The van der Waals surface area contributed by atoms with Gasteiger partial charge in [0.1, 0.15) is 0 Å². The summed E-state index contributed by atoms with van der Waals surface area (Å²) in [5, 5.41) is 0.612. The van der Waals surface area contributed by atoms with E-state index in [1.54, 1.807) is 24.3 Å². The summed E-state index contributed by atoms with van der Waals surface area (Å²) in [6.07, 6.45) is 7.67. The molecule has 1 aromatic carbocycles. The quantitative estimate of drug-likeness (QED) is 0.592. The molecule has 1 saturated carbocycles. The molecule has 0 spiro atoms. The highest BCUT2D eigenvalue weighted by atomic mass is 35.5. The number of hydrogen-bond acceptors (Lipinski definition) is 2. The lowest BCUT2D eigenvalue weighted by Gasteiger charge is -2.27. The topological polar surface area (TPSA) is 37.4 Å². The van der Waals surface area contributed by atoms with Gasteiger partial charge in [0.15, 0.2) is 5.78 Å². The van der Waals surface area contributed by atoms with Gasteiger partial charge in [0, 0.05) is 36.5 Å². The summed E-state index contributed by atoms with van der Waals surface area (Å²) in [5.41, 5.74) is 0.620. The number of nitrogens with zero attached hydrogens (tertiary/aromatic N) is 1. The number of ketones is 1. The van der Waals surface area contributed by atoms with Gasteiger partial charge in [0.25, 0.3) is 0 Å². The van der Waals surface area contributed by atoms with E-state index < -0.39 is 0 Å². The summed E-state index contributed by atoms with van der Waals surface area (Å²) in [6, 6.07) is 7.18. The van der Waals surface area contributed by atoms with Crippen LogP contribution in [0.2, 0.25) is 5.02 Å². The summed E-state index contributed by atoms with van der Waals surface area (Å²) in [4.78, 5) is 26.3. The highest BCUT2D eigenvalue weighted by molar-refractivity contribution is 6.30. The molecule has 0 unspecified atom stereocenters. The Labute approximate surface area is 137 Å². The normalized spacial score (nSPS) is 16.1. The van der Waals surface area contributed by atoms with E-state index in [1.165, 1.54) is 25.7 Å². The molecular weight excluding hydrogens is 298 g/mol. The van der Waals surface area contributed by atoms with Crippen LogP contribution in [0.15, 0.2) is 24.3 Å². The van der Waals surface area contributed by atoms with Crippen molar-refractivity contribution in [2.24, 2.45) is 0 Å². The standard InChI is InChI=1S/C18H24ClNO2/c1-20(16-6-4-2-3-5-7-16)18(22)13-12-17(21)14-8-10-15(19)11-9-14/h8-11,16H,2-7,12-13H2,1H3. The van der Waals surface area contributed by atoms with Crippen LogP contribution in [0, 0.1) is 0 Å². The second-order valence-electron chi connectivity index (χ2n) is 6.08. The van der Waals surface area contributed by atoms with Gasteiger partial charge in [-0.1, -0.05) is 37.3 Å². The molecule has 1 aliphatic carbocycles. The summed E-state index contributed by atoms with van der Waals surface area (Å²) < 4.78 is 0. The molecule has 0 radical (unpaired) electrons. The Morgan fingerprint density at radius 3 is 2.23 bits per heavy atom. The van der Waals surface area contributed by atoms with Crippen molar-refractivity contribution >= 4 is 23.3 Å². The fourth-order valence-corrected chi connectivity index (χ4v) is 3.15. The van der Waals surface area contributed by atoms with Crippen LogP contribution in [0.5, 0.6) is 0 Å². The molecule has 1 aliphatic rings. The third kappa shape index (κ3) is 4.84. The summed E-state index contributed by atoms with van der Waals surface area (Å²) in [6.45, 7) is 0. The van der Waals surface area contributed by atoms with Crippen molar-refractivity contribution in [2.75, 3.05) is 7.05 Å². The minimum atomic E-state index is -0.000664. The highest BCUT2D eigenvalue weighted by Gasteiger charge is 2.21. The monoisotopic (exact) mass is 321 g/mol. The van der Waals surface area contributed by atoms with Crippen molar-refractivity contribution < 1.29 is 9.59 Å². The summed E-state index contributed by atoms with van der Waals surface area (Å²) >= 11 is 5.81. The van der Waals surface area contributed by atoms with Crippen LogP contribution < -0.4 is 0 Å². The maximum Gasteiger partial charge on any atom is 0.223 e. The maximum absolute atomic E-state index is 12.3. The predicted octanol–water partition coefficient (Wildman–Crippen LogP) is 4.48. The van der Waals surface area contributed by atoms with E-state index in [9.17, 15) is 9.59 Å². The van der Waals surface area contributed by atoms with E-state index in [4.69, 9.17) is 11.6 Å². The minimum Gasteiger partial charge on any atom is -0.343 e. The molecule has 0 saturated heterocycles. The fourth-order valence-electron chi connectivity index (χ4n) is 3.03. The van der Waals surface area contributed by atoms with E-state index >= 15 is 0 Å². The van der Waals surface area contributed by atoms with E-state index in [-0.39, 0.29) is 24.5 Å². The Bertz CT molecular complexity index is 504. The predicted molar refractivity (Wildman–Crippen MR) is 89.3 cm³/mol. The van der Waals surface area contributed by atoms with Crippen molar-refractivity contribution in [2.45, 2.75) is 57.4 Å². The van der Waals surface area contributed by atoms with Crippen LogP contribution >= 0.6 is 11.6 Å². The largest absolute Gasteiger partial charge is 0.343 e. The SMILES string of the molecule is CN(C(=O)CCC(=O)c1ccc(Cl)cc1)C1CCCCCC1. The molecule has 4 heteroatoms. The van der Waals surface area contributed by atoms with Gasteiger partial charge < -0.3 is 4.90 Å². The third-order valence-corrected chi connectivity index (χ3v) is 4.75. The number of carbonyl (C=O) groups excluding carboxylic acids is 2. The molecule has 3 nitrogen and oxygen atoms in total. The number of halogens is 1. The van der Waals surface area contributed by atoms with Gasteiger partial charge in [-0.15, -0.1) is 0 Å². The third-order valence-electron chi connectivity index (χ3n) is 4.50. The zero-order valence-electron chi connectivity index (χ0n) is 13.2. The van der Waals surface area contributed by atoms with Gasteiger partial charge in [-0.25, -0.2) is 0 Å². The average molecular weight is 322 g/mol. The van der Waals surface area contributed by atoms with E-state index in [0.29, 0.717) is 16.6 Å². The number of carbonyl (C=O) groups is 2. The zero-order chi connectivity index (χ0) is 15.9. The van der Waals surface area contributed by atoms with Crippen LogP contribution in [0.25, 0.3) is 0 Å². The Hall–Kier alpha value is -1.35. The van der Waals surface area contributed by atoms with Crippen LogP contribution in [0.4, 0.5) is 0 Å². The first-order chi connectivity index (χ1) is 10.6. The van der Waals surface area contributed by atoms with Gasteiger partial charge in [0.05, 0.1) is 0 Å². The van der Waals surface area contributed by atoms with Gasteiger partial charge in [-0.2, -0.15) is 0 Å². The molecule has 22 heavy (non-hydrogen) atoms. The van der Waals surface area contributed by atoms with Gasteiger partial charge in [-0.05, 0) is 37.1 Å². The number of amides is 1. The highest BCUT2D eigenvalue weighted by Crippen LogP contribution is 2.22. The zero-order valence-corrected chi connectivity index (χ0v) is 13.9. The smallest absolute Gasteiger partial charge is 0.223 e. The lowest BCUT2D eigenvalue weighted by atomic mass is 10.0. The van der Waals surface area contributed by atoms with Crippen molar-refractivity contribution in [1.29, 1.82) is 0 Å². The molecule has 1 aromatic rings. The molecule has 0 aliphatic heterocycles. The van der Waals surface area contributed by atoms with E-state index in [1.807, 2.05) is 11.9 Å². The minimum absolute atomic E-state index is 0.000664. The van der Waals surface area contributed by atoms with Gasteiger partial charge in [0.2, 0.25) is 5.91 Å². The molecule has 0 heterocycles. The van der Waals surface area contributed by atoms with E-state index in [0.717, 1.165) is 12.8 Å². The average Bonchev–Trinajstić information content (AvgIpc) is 2.81. The second kappa shape index (κ2) is 8.33. The van der Waals surface area contributed by atoms with Gasteiger partial charge >= 0.3 is 0 Å². The van der Waals surface area contributed by atoms with Crippen molar-refractivity contribution in [3.05, 3.63) is 34.9 Å². The molecule has 0 bridgehead atoms. The number of rotatable bonds is 5. The fraction of sp³-hybridized carbons (Fsp3) is 0.556. The van der Waals surface area contributed by atoms with Gasteiger partial charge in [-0.3, -0.25) is 9.59 Å². The Balaban J connectivity index is 1.83. The lowest BCUT2D eigenvalue weighted by molar-refractivity contribution is -0.132. The first-order valence-corrected chi connectivity index (χ1v) is 8.50. The maximum atomic E-state index is 12.3. The molecule has 120 valence electrons. The Morgan fingerprint density at radius 1 is 1.05 bits per heavy atom. The van der Waals surface area contributed by atoms with E-state index in [2.05, 4.69) is 0 Å². The molecule has 0 aromatic heterocycles. The van der Waals surface area contributed by atoms with Crippen LogP contribution in [-0.4, -0.2) is 29.7 Å². The Morgan fingerprint density at radius 2 is 1.64 bits per heavy atom. The molecule has 2 rings (SSSR count). The second-order valence-corrected chi connectivity index (χ2v) is 6.52. The number of Topliss-reactive ketones (excluding diaryl/α,β-unsaturated/α-hetero) is 1. The summed E-state index contributed by atoms with van der Waals surface area (Å²) in [5.74, 6) is 0.0773. The van der Waals surface area contributed by atoms with Crippen LogP contribution in [-0.2, 0) is 4.79 Å². The molecular formula is C18H24ClNO2. The first-order valence-electron chi connectivity index (χ1n) is 8.12. The molecule has 1 amide bonds. The molecule has 0 atom stereocenters. The molecule has 1 fully saturated rings. The van der Waals surface area contributed by atoms with Crippen molar-refractivity contribution in [1.82, 2.24) is 4.90 Å². The van der Waals surface area contributed by atoms with Crippen LogP contribution in [0.3, 0.4) is 0 Å².